The molecule has 2 amide bonds. The van der Waals surface area contributed by atoms with Crippen molar-refractivity contribution in [3.63, 3.8) is 0 Å². The molecule has 12 N–H and O–H groups in total. The second-order valence-corrected chi connectivity index (χ2v) is 22.0. The highest BCUT2D eigenvalue weighted by atomic mass is 32.2. The Bertz CT molecular complexity index is 2100. The van der Waals surface area contributed by atoms with Gasteiger partial charge in [0.1, 0.15) is 36.3 Å². The number of phosphoric ester groups is 3. The van der Waals surface area contributed by atoms with E-state index in [1.807, 2.05) is 0 Å². The smallest absolute Gasteiger partial charge is 0.481 e. The molecule has 3 rings (SSSR count). The molecule has 2 aromatic heterocycles. The lowest BCUT2D eigenvalue weighted by molar-refractivity contribution is -0.137. The molecule has 1 aliphatic heterocycles. The van der Waals surface area contributed by atoms with Crippen molar-refractivity contribution in [2.45, 2.75) is 140 Å². The van der Waals surface area contributed by atoms with Gasteiger partial charge in [-0.3, -0.25) is 37.3 Å². The Morgan fingerprint density at radius 1 is 0.868 bits per heavy atom. The fourth-order valence-corrected chi connectivity index (χ4v) is 10.3. The number of thioether (sulfide) groups is 1. The molecule has 68 heavy (non-hydrogen) atoms. The van der Waals surface area contributed by atoms with Gasteiger partial charge in [-0.2, -0.15) is 4.31 Å². The number of aliphatic hydroxyl groups is 3. The first-order chi connectivity index (χ1) is 31.8. The van der Waals surface area contributed by atoms with E-state index < -0.39 is 90.5 Å². The van der Waals surface area contributed by atoms with Crippen molar-refractivity contribution >= 4 is 75.1 Å². The third-order valence-electron chi connectivity index (χ3n) is 10.4. The Morgan fingerprint density at radius 3 is 2.15 bits per heavy atom. The number of nitrogens with zero attached hydrogens (tertiary/aromatic N) is 4. The van der Waals surface area contributed by atoms with E-state index in [4.69, 9.17) is 24.6 Å². The van der Waals surface area contributed by atoms with Gasteiger partial charge in [0.05, 0.1) is 25.6 Å². The maximum atomic E-state index is 12.7. The number of aliphatic hydroxyl groups excluding tert-OH is 3. The fourth-order valence-electron chi connectivity index (χ4n) is 6.70. The standard InChI is InChI=1S/C37H64N7O20P3S/c1-37(2,32(51)35(52)40-17-16-26(46)39-18-19-68-28(49)15-11-7-9-13-24(45)12-8-5-3-4-6-10-14-27(47)48)21-61-67(58,59)64-66(56,57)60-20-25-31(63-65(53,54)55)30(50)36(62-25)44-23-43-29-33(38)41-22-42-34(29)44/h22-25,30-32,36,45,50-51H,3-21H2,1-2H3,(H,39,46)(H,40,52)(H,47,48)(H,56,57)(H,58,59)(H2,38,41,42)(H2,53,54,55). The summed E-state index contributed by atoms with van der Waals surface area (Å²) in [6, 6.07) is 0. The van der Waals surface area contributed by atoms with Crippen molar-refractivity contribution in [2.24, 2.45) is 5.41 Å². The number of carboxylic acids is 1. The molecule has 8 atom stereocenters. The number of unbranched alkanes of at least 4 members (excludes halogenated alkanes) is 7. The van der Waals surface area contributed by atoms with Crippen LogP contribution in [0.15, 0.2) is 12.7 Å². The summed E-state index contributed by atoms with van der Waals surface area (Å²) < 4.78 is 62.3. The zero-order chi connectivity index (χ0) is 50.7. The molecule has 1 saturated heterocycles. The summed E-state index contributed by atoms with van der Waals surface area (Å²) in [6.07, 6.45) is 2.35. The van der Waals surface area contributed by atoms with E-state index in [1.54, 1.807) is 0 Å². The minimum Gasteiger partial charge on any atom is -0.481 e. The van der Waals surface area contributed by atoms with Crippen LogP contribution >= 0.6 is 35.2 Å². The molecule has 0 aliphatic carbocycles. The molecular formula is C37H64N7O20P3S. The molecule has 0 bridgehead atoms. The first-order valence-electron chi connectivity index (χ1n) is 21.8. The first kappa shape index (κ1) is 59.3. The monoisotopic (exact) mass is 1050 g/mol. The molecule has 8 unspecified atom stereocenters. The predicted octanol–water partition coefficient (Wildman–Crippen LogP) is 2.18. The predicted molar refractivity (Wildman–Crippen MR) is 241 cm³/mol. The van der Waals surface area contributed by atoms with Crippen molar-refractivity contribution < 1.29 is 95.5 Å². The van der Waals surface area contributed by atoms with Gasteiger partial charge in [0.25, 0.3) is 0 Å². The molecule has 2 aromatic rings. The number of phosphoric acid groups is 3. The van der Waals surface area contributed by atoms with Crippen molar-refractivity contribution in [1.82, 2.24) is 30.2 Å². The number of rotatable bonds is 34. The number of hydrogen-bond donors (Lipinski definition) is 11. The van der Waals surface area contributed by atoms with Crippen LogP contribution < -0.4 is 16.4 Å². The molecule has 0 aromatic carbocycles. The number of ether oxygens (including phenoxy) is 1. The Kier molecular flexibility index (Phi) is 24.5. The van der Waals surface area contributed by atoms with Gasteiger partial charge in [0.2, 0.25) is 11.8 Å². The largest absolute Gasteiger partial charge is 0.481 e. The average molecular weight is 1050 g/mol. The summed E-state index contributed by atoms with van der Waals surface area (Å²) >= 11 is 1.08. The van der Waals surface area contributed by atoms with Crippen LogP contribution in [0, 0.1) is 5.41 Å². The van der Waals surface area contributed by atoms with Crippen molar-refractivity contribution in [2.75, 3.05) is 37.8 Å². The van der Waals surface area contributed by atoms with Crippen LogP contribution in [0.1, 0.15) is 110 Å². The lowest BCUT2D eigenvalue weighted by atomic mass is 9.87. The molecule has 0 saturated carbocycles. The van der Waals surface area contributed by atoms with Crippen molar-refractivity contribution in [3.05, 3.63) is 12.7 Å². The fraction of sp³-hybridized carbons (Fsp3) is 0.757. The molecule has 1 fully saturated rings. The molecular weight excluding hydrogens is 987 g/mol. The van der Waals surface area contributed by atoms with Gasteiger partial charge in [-0.1, -0.05) is 70.6 Å². The summed E-state index contributed by atoms with van der Waals surface area (Å²) in [5.41, 5.74) is 4.24. The Labute approximate surface area is 396 Å². The van der Waals surface area contributed by atoms with Gasteiger partial charge in [-0.25, -0.2) is 28.6 Å². The number of imidazole rings is 1. The van der Waals surface area contributed by atoms with Crippen LogP contribution in [0.4, 0.5) is 5.82 Å². The van der Waals surface area contributed by atoms with Crippen molar-refractivity contribution in [3.8, 4) is 0 Å². The van der Waals surface area contributed by atoms with Crippen LogP contribution in [0.3, 0.4) is 0 Å². The number of amides is 2. The molecule has 388 valence electrons. The quantitative estimate of drug-likeness (QED) is 0.0353. The highest BCUT2D eigenvalue weighted by Crippen LogP contribution is 2.61. The molecule has 0 spiro atoms. The van der Waals surface area contributed by atoms with E-state index in [9.17, 15) is 67.8 Å². The van der Waals surface area contributed by atoms with Gasteiger partial charge in [-0.15, -0.1) is 0 Å². The number of aromatic nitrogens is 4. The summed E-state index contributed by atoms with van der Waals surface area (Å²) in [5.74, 6) is -1.94. The zero-order valence-corrected chi connectivity index (χ0v) is 41.1. The highest BCUT2D eigenvalue weighted by molar-refractivity contribution is 8.13. The summed E-state index contributed by atoms with van der Waals surface area (Å²) in [4.78, 5) is 98.8. The number of nitrogens with two attached hydrogens (primary N) is 1. The van der Waals surface area contributed by atoms with Crippen molar-refractivity contribution in [1.29, 1.82) is 0 Å². The number of aliphatic carboxylic acids is 1. The van der Waals surface area contributed by atoms with Gasteiger partial charge in [0, 0.05) is 43.5 Å². The van der Waals surface area contributed by atoms with Crippen LogP contribution in [0.25, 0.3) is 11.2 Å². The highest BCUT2D eigenvalue weighted by Gasteiger charge is 2.50. The van der Waals surface area contributed by atoms with E-state index >= 15 is 0 Å². The Balaban J connectivity index is 1.30. The molecule has 1 aliphatic rings. The summed E-state index contributed by atoms with van der Waals surface area (Å²) in [6.45, 7) is 0.411. The van der Waals surface area contributed by atoms with E-state index in [0.29, 0.717) is 31.4 Å². The number of carbonyl (C=O) groups is 4. The number of fused-ring (bicyclic) bond motifs is 1. The summed E-state index contributed by atoms with van der Waals surface area (Å²) in [7, 11) is -16.5. The van der Waals surface area contributed by atoms with E-state index in [0.717, 1.165) is 80.4 Å². The number of nitrogen functional groups attached to an aromatic ring is 1. The second kappa shape index (κ2) is 28.1. The summed E-state index contributed by atoms with van der Waals surface area (Å²) in [5, 5.41) is 45.3. The Hall–Kier alpha value is -3.01. The van der Waals surface area contributed by atoms with Gasteiger partial charge in [-0.05, 0) is 25.7 Å². The first-order valence-corrected chi connectivity index (χ1v) is 27.3. The van der Waals surface area contributed by atoms with E-state index in [2.05, 4.69) is 34.4 Å². The van der Waals surface area contributed by atoms with Crippen LogP contribution in [-0.4, -0.2) is 145 Å². The van der Waals surface area contributed by atoms with E-state index in [1.165, 1.54) is 13.8 Å². The van der Waals surface area contributed by atoms with Crippen LogP contribution in [0.5, 0.6) is 0 Å². The molecule has 0 radical (unpaired) electrons. The minimum atomic E-state index is -5.59. The molecule has 27 nitrogen and oxygen atoms in total. The molecule has 31 heteroatoms. The van der Waals surface area contributed by atoms with Crippen LogP contribution in [0.2, 0.25) is 0 Å². The van der Waals surface area contributed by atoms with Gasteiger partial charge in [0.15, 0.2) is 22.8 Å². The second-order valence-electron chi connectivity index (χ2n) is 16.6. The zero-order valence-electron chi connectivity index (χ0n) is 37.6. The number of anilines is 1. The SMILES string of the molecule is CC(C)(COP(=O)(O)OP(=O)(O)OCC1OC(n2cnc3c(N)ncnc32)C(O)C1OP(=O)(O)O)C(O)C(=O)NCCC(=O)NCCSC(=O)CCCCCC(O)CCCCCCCCC(=O)O. The average Bonchev–Trinajstić information content (AvgIpc) is 3.81. The van der Waals surface area contributed by atoms with Crippen LogP contribution in [-0.2, 0) is 55.5 Å². The number of nitrogens with one attached hydrogen (secondary N) is 2. The Morgan fingerprint density at radius 2 is 1.49 bits per heavy atom. The third kappa shape index (κ3) is 21.5. The lowest BCUT2D eigenvalue weighted by Gasteiger charge is -2.30. The van der Waals surface area contributed by atoms with Gasteiger partial charge < -0.3 is 61.1 Å². The van der Waals surface area contributed by atoms with E-state index in [-0.39, 0.29) is 54.1 Å². The van der Waals surface area contributed by atoms with Gasteiger partial charge >= 0.3 is 29.4 Å². The number of hydrogen-bond acceptors (Lipinski definition) is 20. The minimum absolute atomic E-state index is 0.0236. The third-order valence-corrected chi connectivity index (χ3v) is 14.4. The topological polar surface area (TPSA) is 421 Å². The lowest BCUT2D eigenvalue weighted by Crippen LogP contribution is -2.46. The molecule has 3 heterocycles. The number of carbonyl (C=O) groups excluding carboxylic acids is 3. The maximum Gasteiger partial charge on any atom is 0.481 e. The number of carboxylic acid groups (broad SMARTS) is 1. The maximum absolute atomic E-state index is 12.7. The normalized spacial score (nSPS) is 20.4.